The summed E-state index contributed by atoms with van der Waals surface area (Å²) in [6.45, 7) is 4.70. The highest BCUT2D eigenvalue weighted by Gasteiger charge is 2.31. The summed E-state index contributed by atoms with van der Waals surface area (Å²) in [5, 5.41) is 0. The first-order valence-electron chi connectivity index (χ1n) is 6.61. The molecule has 1 aromatic rings. The Balaban J connectivity index is 1.66. The molecular weight excluding hydrogens is 312 g/mol. The van der Waals surface area contributed by atoms with E-state index in [4.69, 9.17) is 11.6 Å². The minimum Gasteiger partial charge on any atom is -0.369 e. The highest BCUT2D eigenvalue weighted by atomic mass is 79.9. The van der Waals surface area contributed by atoms with Crippen LogP contribution in [0, 0.1) is 0 Å². The number of alkyl halides is 1. The molecule has 4 heteroatoms. The molecule has 0 unspecified atom stereocenters. The number of rotatable bonds is 3. The predicted molar refractivity (Wildman–Crippen MR) is 80.5 cm³/mol. The zero-order valence-electron chi connectivity index (χ0n) is 10.4. The van der Waals surface area contributed by atoms with Gasteiger partial charge in [-0.3, -0.25) is 4.90 Å². The van der Waals surface area contributed by atoms with E-state index in [1.807, 2.05) is 0 Å². The first-order chi connectivity index (χ1) is 8.78. The second-order valence-corrected chi connectivity index (χ2v) is 6.29. The highest BCUT2D eigenvalue weighted by Crippen LogP contribution is 2.30. The summed E-state index contributed by atoms with van der Waals surface area (Å²) in [6, 6.07) is 7.41. The lowest BCUT2D eigenvalue weighted by Crippen LogP contribution is -2.47. The summed E-state index contributed by atoms with van der Waals surface area (Å²) >= 11 is 9.48. The fourth-order valence-corrected chi connectivity index (χ4v) is 3.53. The van der Waals surface area contributed by atoms with Crippen LogP contribution >= 0.6 is 27.5 Å². The molecular formula is C14H18BrClN2. The number of benzene rings is 1. The lowest BCUT2D eigenvalue weighted by molar-refractivity contribution is 0.248. The number of anilines is 1. The largest absolute Gasteiger partial charge is 0.369 e. The van der Waals surface area contributed by atoms with Crippen molar-refractivity contribution in [3.63, 3.8) is 0 Å². The van der Waals surface area contributed by atoms with Gasteiger partial charge >= 0.3 is 0 Å². The summed E-state index contributed by atoms with van der Waals surface area (Å²) in [4.78, 5) is 5.11. The third-order valence-electron chi connectivity index (χ3n) is 3.92. The van der Waals surface area contributed by atoms with Gasteiger partial charge in [0.1, 0.15) is 0 Å². The molecule has 1 saturated heterocycles. The average molecular weight is 330 g/mol. The van der Waals surface area contributed by atoms with Gasteiger partial charge in [-0.1, -0.05) is 22.0 Å². The number of nitrogens with zero attached hydrogens (tertiary/aromatic N) is 2. The molecule has 2 nitrogen and oxygen atoms in total. The van der Waals surface area contributed by atoms with Crippen LogP contribution in [-0.4, -0.2) is 37.1 Å². The van der Waals surface area contributed by atoms with Crippen molar-refractivity contribution in [2.45, 2.75) is 24.8 Å². The molecule has 0 radical (unpaired) electrons. The maximum atomic E-state index is 5.88. The van der Waals surface area contributed by atoms with E-state index < -0.39 is 0 Å². The molecule has 18 heavy (non-hydrogen) atoms. The number of hydrogen-bond donors (Lipinski definition) is 0. The summed E-state index contributed by atoms with van der Waals surface area (Å²) in [7, 11) is 0. The second kappa shape index (κ2) is 5.40. The maximum absolute atomic E-state index is 5.88. The Morgan fingerprint density at radius 3 is 2.44 bits per heavy atom. The third kappa shape index (κ3) is 2.68. The van der Waals surface area contributed by atoms with Gasteiger partial charge < -0.3 is 4.90 Å². The van der Waals surface area contributed by atoms with Crippen molar-refractivity contribution < 1.29 is 0 Å². The number of hydrogen-bond acceptors (Lipinski definition) is 2. The molecule has 3 rings (SSSR count). The Hall–Kier alpha value is -0.250. The van der Waals surface area contributed by atoms with E-state index in [1.165, 1.54) is 31.6 Å². The quantitative estimate of drug-likeness (QED) is 0.784. The lowest BCUT2D eigenvalue weighted by Gasteiger charge is -2.36. The highest BCUT2D eigenvalue weighted by molar-refractivity contribution is 9.10. The minimum atomic E-state index is 0.566. The summed E-state index contributed by atoms with van der Waals surface area (Å²) < 4.78 is 1.12. The Kier molecular flexibility index (Phi) is 3.83. The first-order valence-corrected chi connectivity index (χ1v) is 7.94. The van der Waals surface area contributed by atoms with Crippen LogP contribution in [0.3, 0.4) is 0 Å². The van der Waals surface area contributed by atoms with Gasteiger partial charge in [-0.2, -0.15) is 0 Å². The van der Waals surface area contributed by atoms with Crippen molar-refractivity contribution in [3.05, 3.63) is 28.2 Å². The van der Waals surface area contributed by atoms with Crippen LogP contribution in [0.15, 0.2) is 22.7 Å². The fourth-order valence-electron chi connectivity index (χ4n) is 2.63. The van der Waals surface area contributed by atoms with E-state index in [0.717, 1.165) is 29.2 Å². The number of piperazine rings is 1. The van der Waals surface area contributed by atoms with E-state index in [2.05, 4.69) is 43.9 Å². The van der Waals surface area contributed by atoms with Crippen molar-refractivity contribution in [2.75, 3.05) is 31.1 Å². The first kappa shape index (κ1) is 12.8. The maximum Gasteiger partial charge on any atom is 0.0485 e. The van der Waals surface area contributed by atoms with Gasteiger partial charge in [0.15, 0.2) is 0 Å². The van der Waals surface area contributed by atoms with Crippen LogP contribution in [0.25, 0.3) is 0 Å². The molecule has 0 bridgehead atoms. The summed E-state index contributed by atoms with van der Waals surface area (Å²) in [5.41, 5.74) is 2.48. The van der Waals surface area contributed by atoms with Crippen molar-refractivity contribution in [2.24, 2.45) is 0 Å². The molecule has 2 aliphatic rings. The molecule has 0 amide bonds. The SMILES string of the molecule is ClCc1ccc(N2CCN(C3CC3)CC2)cc1Br. The molecule has 0 N–H and O–H groups in total. The van der Waals surface area contributed by atoms with E-state index in [0.29, 0.717) is 5.88 Å². The average Bonchev–Trinajstić information content (AvgIpc) is 3.23. The van der Waals surface area contributed by atoms with E-state index in [9.17, 15) is 0 Å². The van der Waals surface area contributed by atoms with Gasteiger partial charge in [-0.25, -0.2) is 0 Å². The normalized spacial score (nSPS) is 21.3. The van der Waals surface area contributed by atoms with Gasteiger partial charge in [-0.15, -0.1) is 11.6 Å². The fraction of sp³-hybridized carbons (Fsp3) is 0.571. The lowest BCUT2D eigenvalue weighted by atomic mass is 10.2. The van der Waals surface area contributed by atoms with E-state index in [1.54, 1.807) is 0 Å². The number of halogens is 2. The zero-order chi connectivity index (χ0) is 12.5. The molecule has 1 aromatic carbocycles. The van der Waals surface area contributed by atoms with Crippen molar-refractivity contribution in [1.82, 2.24) is 4.90 Å². The molecule has 2 fully saturated rings. The van der Waals surface area contributed by atoms with Crippen LogP contribution in [0.4, 0.5) is 5.69 Å². The molecule has 1 aliphatic carbocycles. The topological polar surface area (TPSA) is 6.48 Å². The molecule has 0 spiro atoms. The third-order valence-corrected chi connectivity index (χ3v) is 4.95. The van der Waals surface area contributed by atoms with Crippen molar-refractivity contribution >= 4 is 33.2 Å². The molecule has 1 saturated carbocycles. The molecule has 0 aromatic heterocycles. The summed E-state index contributed by atoms with van der Waals surface area (Å²) in [5.74, 6) is 0.566. The van der Waals surface area contributed by atoms with Gasteiger partial charge in [0.25, 0.3) is 0 Å². The smallest absolute Gasteiger partial charge is 0.0485 e. The Morgan fingerprint density at radius 1 is 1.17 bits per heavy atom. The minimum absolute atomic E-state index is 0.566. The van der Waals surface area contributed by atoms with Crippen LogP contribution in [0.2, 0.25) is 0 Å². The van der Waals surface area contributed by atoms with Gasteiger partial charge in [0.2, 0.25) is 0 Å². The van der Waals surface area contributed by atoms with E-state index >= 15 is 0 Å². The molecule has 1 heterocycles. The molecule has 0 atom stereocenters. The molecule has 98 valence electrons. The van der Waals surface area contributed by atoms with Crippen LogP contribution in [-0.2, 0) is 5.88 Å². The van der Waals surface area contributed by atoms with Crippen molar-refractivity contribution in [3.8, 4) is 0 Å². The van der Waals surface area contributed by atoms with Gasteiger partial charge in [0.05, 0.1) is 0 Å². The Bertz CT molecular complexity index is 426. The predicted octanol–water partition coefficient (Wildman–Crippen LogP) is 3.47. The Labute approximate surface area is 122 Å². The van der Waals surface area contributed by atoms with Gasteiger partial charge in [-0.05, 0) is 30.5 Å². The standard InChI is InChI=1S/C14H18BrClN2/c15-14-9-13(2-1-11(14)10-16)18-7-5-17(6-8-18)12-3-4-12/h1-2,9,12H,3-8,10H2. The van der Waals surface area contributed by atoms with E-state index in [-0.39, 0.29) is 0 Å². The zero-order valence-corrected chi connectivity index (χ0v) is 12.8. The van der Waals surface area contributed by atoms with Crippen LogP contribution in [0.1, 0.15) is 18.4 Å². The summed E-state index contributed by atoms with van der Waals surface area (Å²) in [6.07, 6.45) is 2.83. The van der Waals surface area contributed by atoms with Crippen LogP contribution < -0.4 is 4.90 Å². The molecule has 1 aliphatic heterocycles. The Morgan fingerprint density at radius 2 is 1.89 bits per heavy atom. The van der Waals surface area contributed by atoms with Crippen LogP contribution in [0.5, 0.6) is 0 Å². The monoisotopic (exact) mass is 328 g/mol. The van der Waals surface area contributed by atoms with Crippen molar-refractivity contribution in [1.29, 1.82) is 0 Å². The second-order valence-electron chi connectivity index (χ2n) is 5.16. The van der Waals surface area contributed by atoms with Gasteiger partial charge in [0, 0.05) is 48.3 Å².